The van der Waals surface area contributed by atoms with Crippen molar-refractivity contribution in [3.05, 3.63) is 58.4 Å². The van der Waals surface area contributed by atoms with Crippen molar-refractivity contribution in [3.8, 4) is 0 Å². The van der Waals surface area contributed by atoms with Crippen LogP contribution in [0, 0.1) is 15.9 Å². The van der Waals surface area contributed by atoms with Crippen molar-refractivity contribution in [2.24, 2.45) is 0 Å². The second-order valence-electron chi connectivity index (χ2n) is 4.18. The van der Waals surface area contributed by atoms with E-state index in [-0.39, 0.29) is 11.5 Å². The van der Waals surface area contributed by atoms with Gasteiger partial charge in [0.1, 0.15) is 5.82 Å². The monoisotopic (exact) mass is 272 g/mol. The number of anilines is 2. The van der Waals surface area contributed by atoms with Crippen LogP contribution in [0.1, 0.15) is 0 Å². The predicted molar refractivity (Wildman–Crippen MR) is 72.4 cm³/mol. The molecule has 1 heterocycles. The van der Waals surface area contributed by atoms with Gasteiger partial charge in [0.05, 0.1) is 16.0 Å². The Labute approximate surface area is 112 Å². The number of imidazole rings is 1. The largest absolute Gasteiger partial charge is 0.326 e. The molecule has 0 aliphatic rings. The van der Waals surface area contributed by atoms with E-state index in [1.54, 1.807) is 18.2 Å². The van der Waals surface area contributed by atoms with E-state index in [1.165, 1.54) is 24.3 Å². The van der Waals surface area contributed by atoms with Gasteiger partial charge in [0.15, 0.2) is 0 Å². The molecule has 0 amide bonds. The van der Waals surface area contributed by atoms with Crippen LogP contribution >= 0.6 is 0 Å². The first-order chi connectivity index (χ1) is 9.61. The maximum absolute atomic E-state index is 12.8. The van der Waals surface area contributed by atoms with Crippen molar-refractivity contribution >= 4 is 28.4 Å². The summed E-state index contributed by atoms with van der Waals surface area (Å²) in [7, 11) is 0. The van der Waals surface area contributed by atoms with Crippen molar-refractivity contribution in [3.63, 3.8) is 0 Å². The summed E-state index contributed by atoms with van der Waals surface area (Å²) in [5, 5.41) is 13.7. The van der Waals surface area contributed by atoms with Gasteiger partial charge >= 0.3 is 0 Å². The quantitative estimate of drug-likeness (QED) is 0.565. The third-order valence-electron chi connectivity index (χ3n) is 2.78. The molecule has 0 saturated heterocycles. The number of fused-ring (bicyclic) bond motifs is 1. The Hall–Kier alpha value is -2.96. The van der Waals surface area contributed by atoms with Crippen LogP contribution in [0.25, 0.3) is 11.0 Å². The molecule has 0 aliphatic heterocycles. The number of halogens is 1. The van der Waals surface area contributed by atoms with Crippen molar-refractivity contribution in [1.29, 1.82) is 0 Å². The zero-order valence-corrected chi connectivity index (χ0v) is 10.1. The molecule has 100 valence electrons. The lowest BCUT2D eigenvalue weighted by atomic mass is 10.3. The maximum atomic E-state index is 12.8. The molecule has 0 fully saturated rings. The van der Waals surface area contributed by atoms with Crippen LogP contribution < -0.4 is 5.32 Å². The molecular weight excluding hydrogens is 263 g/mol. The van der Waals surface area contributed by atoms with Gasteiger partial charge in [0, 0.05) is 17.8 Å². The van der Waals surface area contributed by atoms with E-state index in [4.69, 9.17) is 0 Å². The molecule has 0 saturated carbocycles. The molecule has 0 atom stereocenters. The van der Waals surface area contributed by atoms with Crippen molar-refractivity contribution < 1.29 is 9.31 Å². The molecule has 2 N–H and O–H groups in total. The smallest absolute Gasteiger partial charge is 0.271 e. The van der Waals surface area contributed by atoms with E-state index in [0.717, 1.165) is 0 Å². The number of aromatic amines is 1. The minimum Gasteiger partial charge on any atom is -0.326 e. The lowest BCUT2D eigenvalue weighted by Crippen LogP contribution is -1.91. The number of hydrogen-bond acceptors (Lipinski definition) is 4. The number of hydrogen-bond donors (Lipinski definition) is 2. The third-order valence-corrected chi connectivity index (χ3v) is 2.78. The Bertz CT molecular complexity index is 783. The topological polar surface area (TPSA) is 83.8 Å². The van der Waals surface area contributed by atoms with Crippen molar-refractivity contribution in [1.82, 2.24) is 9.97 Å². The summed E-state index contributed by atoms with van der Waals surface area (Å²) in [6.45, 7) is 0. The summed E-state index contributed by atoms with van der Waals surface area (Å²) in [5.74, 6) is 0.114. The van der Waals surface area contributed by atoms with Gasteiger partial charge in [-0.2, -0.15) is 0 Å². The summed E-state index contributed by atoms with van der Waals surface area (Å²) in [5.41, 5.74) is 1.82. The number of nitro groups is 1. The zero-order chi connectivity index (χ0) is 14.1. The third kappa shape index (κ3) is 2.28. The fourth-order valence-electron chi connectivity index (χ4n) is 1.84. The fourth-order valence-corrected chi connectivity index (χ4v) is 1.84. The first-order valence-corrected chi connectivity index (χ1v) is 5.78. The normalized spacial score (nSPS) is 10.7. The average molecular weight is 272 g/mol. The van der Waals surface area contributed by atoms with Gasteiger partial charge in [-0.1, -0.05) is 0 Å². The Morgan fingerprint density at radius 1 is 1.20 bits per heavy atom. The molecule has 0 unspecified atom stereocenters. The summed E-state index contributed by atoms with van der Waals surface area (Å²) in [6.07, 6.45) is 0. The molecular formula is C13H9FN4O2. The van der Waals surface area contributed by atoms with Gasteiger partial charge in [-0.05, 0) is 30.3 Å². The Balaban J connectivity index is 1.92. The van der Waals surface area contributed by atoms with Crippen LogP contribution in [0.2, 0.25) is 0 Å². The first-order valence-electron chi connectivity index (χ1n) is 5.78. The van der Waals surface area contributed by atoms with Gasteiger partial charge in [0.25, 0.3) is 5.69 Å². The molecule has 2 aromatic carbocycles. The molecule has 7 heteroatoms. The molecule has 0 bridgehead atoms. The average Bonchev–Trinajstić information content (AvgIpc) is 2.82. The SMILES string of the molecule is O=[N+]([O-])c1ccc2[nH]c(Nc3ccc(F)cc3)nc2c1. The van der Waals surface area contributed by atoms with Crippen LogP contribution in [0.3, 0.4) is 0 Å². The number of rotatable bonds is 3. The minimum absolute atomic E-state index is 0.0164. The van der Waals surface area contributed by atoms with Crippen LogP contribution in [-0.4, -0.2) is 14.9 Å². The van der Waals surface area contributed by atoms with Crippen LogP contribution in [0.5, 0.6) is 0 Å². The van der Waals surface area contributed by atoms with E-state index >= 15 is 0 Å². The van der Waals surface area contributed by atoms with Gasteiger partial charge < -0.3 is 10.3 Å². The summed E-state index contributed by atoms with van der Waals surface area (Å²) in [6, 6.07) is 10.2. The Morgan fingerprint density at radius 3 is 2.65 bits per heavy atom. The maximum Gasteiger partial charge on any atom is 0.271 e. The molecule has 6 nitrogen and oxygen atoms in total. The fraction of sp³-hybridized carbons (Fsp3) is 0. The van der Waals surface area contributed by atoms with Crippen molar-refractivity contribution in [2.45, 2.75) is 0 Å². The van der Waals surface area contributed by atoms with Gasteiger partial charge in [-0.25, -0.2) is 9.37 Å². The summed E-state index contributed by atoms with van der Waals surface area (Å²) in [4.78, 5) is 17.4. The molecule has 20 heavy (non-hydrogen) atoms. The summed E-state index contributed by atoms with van der Waals surface area (Å²) < 4.78 is 12.8. The van der Waals surface area contributed by atoms with Crippen LogP contribution in [0.4, 0.5) is 21.7 Å². The second-order valence-corrected chi connectivity index (χ2v) is 4.18. The van der Waals surface area contributed by atoms with E-state index in [9.17, 15) is 14.5 Å². The Morgan fingerprint density at radius 2 is 1.95 bits per heavy atom. The van der Waals surface area contributed by atoms with Crippen LogP contribution in [-0.2, 0) is 0 Å². The first kappa shape index (κ1) is 12.1. The number of nitrogens with zero attached hydrogens (tertiary/aromatic N) is 2. The molecule has 1 aromatic heterocycles. The van der Waals surface area contributed by atoms with Gasteiger partial charge in [-0.3, -0.25) is 10.1 Å². The van der Waals surface area contributed by atoms with Gasteiger partial charge in [-0.15, -0.1) is 0 Å². The molecule has 3 aromatic rings. The number of benzene rings is 2. The molecule has 0 radical (unpaired) electrons. The lowest BCUT2D eigenvalue weighted by Gasteiger charge is -2.01. The van der Waals surface area contributed by atoms with E-state index in [0.29, 0.717) is 22.7 Å². The molecule has 3 rings (SSSR count). The lowest BCUT2D eigenvalue weighted by molar-refractivity contribution is -0.384. The second kappa shape index (κ2) is 4.61. The van der Waals surface area contributed by atoms with E-state index in [2.05, 4.69) is 15.3 Å². The van der Waals surface area contributed by atoms with Crippen molar-refractivity contribution in [2.75, 3.05) is 5.32 Å². The predicted octanol–water partition coefficient (Wildman–Crippen LogP) is 3.35. The number of non-ortho nitro benzene ring substituents is 1. The Kier molecular flexibility index (Phi) is 2.79. The molecule has 0 aliphatic carbocycles. The van der Waals surface area contributed by atoms with Gasteiger partial charge in [0.2, 0.25) is 5.95 Å². The summed E-state index contributed by atoms with van der Waals surface area (Å²) >= 11 is 0. The van der Waals surface area contributed by atoms with E-state index < -0.39 is 4.92 Å². The molecule has 0 spiro atoms. The highest BCUT2D eigenvalue weighted by molar-refractivity contribution is 5.80. The highest BCUT2D eigenvalue weighted by Crippen LogP contribution is 2.22. The minimum atomic E-state index is -0.471. The highest BCUT2D eigenvalue weighted by atomic mass is 19.1. The van der Waals surface area contributed by atoms with E-state index in [1.807, 2.05) is 0 Å². The highest BCUT2D eigenvalue weighted by Gasteiger charge is 2.09. The standard InChI is InChI=1S/C13H9FN4O2/c14-8-1-3-9(4-2-8)15-13-16-11-6-5-10(18(19)20)7-12(11)17-13/h1-7H,(H2,15,16,17). The number of nitro benzene ring substituents is 1. The number of H-pyrrole nitrogens is 1. The van der Waals surface area contributed by atoms with Crippen LogP contribution in [0.15, 0.2) is 42.5 Å². The zero-order valence-electron chi connectivity index (χ0n) is 10.1. The number of aromatic nitrogens is 2. The number of nitrogens with one attached hydrogen (secondary N) is 2.